The number of aliphatic hydroxyl groups excluding tert-OH is 1. The van der Waals surface area contributed by atoms with E-state index in [1.165, 1.54) is 25.7 Å². The minimum atomic E-state index is -0.267. The predicted octanol–water partition coefficient (Wildman–Crippen LogP) is 1.12. The number of β-amino-alcohol motifs (C(OH)–C–C–N with tert-alkyl or cyclic N) is 1. The number of aliphatic hydroxyl groups is 1. The second kappa shape index (κ2) is 9.94. The van der Waals surface area contributed by atoms with Gasteiger partial charge in [0.2, 0.25) is 0 Å². The summed E-state index contributed by atoms with van der Waals surface area (Å²) in [6, 6.07) is 0. The molecule has 0 aromatic carbocycles. The van der Waals surface area contributed by atoms with Crippen molar-refractivity contribution in [2.24, 2.45) is 5.92 Å². The monoisotopic (exact) mass is 327 g/mol. The molecule has 136 valence electrons. The third-order valence-electron chi connectivity index (χ3n) is 5.42. The van der Waals surface area contributed by atoms with E-state index in [1.807, 2.05) is 0 Å². The smallest absolute Gasteiger partial charge is 0.0793 e. The summed E-state index contributed by atoms with van der Waals surface area (Å²) in [7, 11) is 4.25. The maximum atomic E-state index is 10.3. The Kier molecular flexibility index (Phi) is 8.27. The minimum absolute atomic E-state index is 0.267. The van der Waals surface area contributed by atoms with Crippen LogP contribution in [0.1, 0.15) is 32.6 Å². The van der Waals surface area contributed by atoms with Crippen LogP contribution in [0.3, 0.4) is 0 Å². The van der Waals surface area contributed by atoms with Crippen LogP contribution in [0.25, 0.3) is 0 Å². The average Bonchev–Trinajstić information content (AvgIpc) is 2.51. The first-order valence-corrected chi connectivity index (χ1v) is 9.43. The van der Waals surface area contributed by atoms with Crippen LogP contribution in [-0.2, 0) is 4.74 Å². The summed E-state index contributed by atoms with van der Waals surface area (Å²) in [4.78, 5) is 6.92. The standard InChI is InChI=1S/C18H37N3O2/c1-16-6-4-5-7-18(16)23-13-12-20(3)14-17(22)15-21-10-8-19(2)9-11-21/h16-18,22H,4-15H2,1-3H3. The van der Waals surface area contributed by atoms with Crippen molar-refractivity contribution in [2.45, 2.75) is 44.8 Å². The highest BCUT2D eigenvalue weighted by Gasteiger charge is 2.22. The van der Waals surface area contributed by atoms with Gasteiger partial charge in [-0.2, -0.15) is 0 Å². The third-order valence-corrected chi connectivity index (χ3v) is 5.42. The predicted molar refractivity (Wildman–Crippen MR) is 94.8 cm³/mol. The van der Waals surface area contributed by atoms with Crippen LogP contribution in [0.5, 0.6) is 0 Å². The topological polar surface area (TPSA) is 39.2 Å². The van der Waals surface area contributed by atoms with Crippen molar-refractivity contribution >= 4 is 0 Å². The molecule has 2 fully saturated rings. The van der Waals surface area contributed by atoms with E-state index in [1.54, 1.807) is 0 Å². The summed E-state index contributed by atoms with van der Waals surface area (Å²) in [6.45, 7) is 9.88. The lowest BCUT2D eigenvalue weighted by Crippen LogP contribution is -2.48. The molecule has 1 aliphatic heterocycles. The summed E-state index contributed by atoms with van der Waals surface area (Å²) in [6.07, 6.45) is 5.39. The van der Waals surface area contributed by atoms with E-state index >= 15 is 0 Å². The third kappa shape index (κ3) is 7.06. The van der Waals surface area contributed by atoms with E-state index in [4.69, 9.17) is 4.74 Å². The number of hydrogen-bond acceptors (Lipinski definition) is 5. The fourth-order valence-electron chi connectivity index (χ4n) is 3.73. The molecule has 1 aliphatic carbocycles. The molecule has 0 spiro atoms. The second-order valence-electron chi connectivity index (χ2n) is 7.69. The zero-order valence-corrected chi connectivity index (χ0v) is 15.4. The molecule has 0 radical (unpaired) electrons. The molecule has 3 atom stereocenters. The van der Waals surface area contributed by atoms with Crippen molar-refractivity contribution in [3.05, 3.63) is 0 Å². The van der Waals surface area contributed by atoms with Crippen molar-refractivity contribution in [1.82, 2.24) is 14.7 Å². The molecule has 0 aromatic rings. The highest BCUT2D eigenvalue weighted by Crippen LogP contribution is 2.26. The Morgan fingerprint density at radius 3 is 2.57 bits per heavy atom. The first kappa shape index (κ1) is 19.1. The molecule has 5 nitrogen and oxygen atoms in total. The van der Waals surface area contributed by atoms with Gasteiger partial charge < -0.3 is 19.6 Å². The number of piperazine rings is 1. The van der Waals surface area contributed by atoms with Crippen LogP contribution < -0.4 is 0 Å². The van der Waals surface area contributed by atoms with Gasteiger partial charge in [0.1, 0.15) is 0 Å². The molecule has 5 heteroatoms. The Bertz CT molecular complexity index is 321. The van der Waals surface area contributed by atoms with Gasteiger partial charge >= 0.3 is 0 Å². The number of likely N-dealkylation sites (N-methyl/N-ethyl adjacent to an activating group) is 2. The largest absolute Gasteiger partial charge is 0.390 e. The Labute approximate surface area is 142 Å². The first-order chi connectivity index (χ1) is 11.0. The van der Waals surface area contributed by atoms with Gasteiger partial charge in [-0.1, -0.05) is 19.8 Å². The Hall–Kier alpha value is -0.200. The number of ether oxygens (including phenoxy) is 1. The van der Waals surface area contributed by atoms with Crippen LogP contribution in [-0.4, -0.2) is 98.5 Å². The van der Waals surface area contributed by atoms with Gasteiger partial charge in [0.15, 0.2) is 0 Å². The van der Waals surface area contributed by atoms with Crippen LogP contribution in [0.4, 0.5) is 0 Å². The Morgan fingerprint density at radius 2 is 1.87 bits per heavy atom. The lowest BCUT2D eigenvalue weighted by molar-refractivity contribution is -0.0162. The molecule has 1 saturated carbocycles. The van der Waals surface area contributed by atoms with Crippen LogP contribution >= 0.6 is 0 Å². The zero-order valence-electron chi connectivity index (χ0n) is 15.4. The van der Waals surface area contributed by atoms with Crippen molar-refractivity contribution in [3.8, 4) is 0 Å². The summed E-state index contributed by atoms with van der Waals surface area (Å²) in [5.41, 5.74) is 0. The molecule has 1 heterocycles. The first-order valence-electron chi connectivity index (χ1n) is 9.43. The van der Waals surface area contributed by atoms with Crippen molar-refractivity contribution in [2.75, 3.05) is 66.5 Å². The van der Waals surface area contributed by atoms with Gasteiger partial charge in [-0.3, -0.25) is 4.90 Å². The Balaban J connectivity index is 1.55. The van der Waals surface area contributed by atoms with Gasteiger partial charge in [-0.05, 0) is 32.9 Å². The molecular formula is C18H37N3O2. The maximum absolute atomic E-state index is 10.3. The van der Waals surface area contributed by atoms with E-state index in [-0.39, 0.29) is 6.10 Å². The van der Waals surface area contributed by atoms with E-state index in [0.717, 1.165) is 52.4 Å². The lowest BCUT2D eigenvalue weighted by atomic mass is 9.88. The van der Waals surface area contributed by atoms with Crippen LogP contribution in [0.15, 0.2) is 0 Å². The van der Waals surface area contributed by atoms with E-state index in [0.29, 0.717) is 12.0 Å². The molecule has 2 aliphatic rings. The van der Waals surface area contributed by atoms with Gasteiger partial charge in [-0.25, -0.2) is 0 Å². The summed E-state index contributed by atoms with van der Waals surface area (Å²) in [5, 5.41) is 10.3. The molecule has 0 amide bonds. The number of nitrogens with zero attached hydrogens (tertiary/aromatic N) is 3. The van der Waals surface area contributed by atoms with Gasteiger partial charge in [-0.15, -0.1) is 0 Å². The van der Waals surface area contributed by atoms with E-state index < -0.39 is 0 Å². The van der Waals surface area contributed by atoms with E-state index in [2.05, 4.69) is 35.7 Å². The zero-order chi connectivity index (χ0) is 16.7. The molecule has 0 bridgehead atoms. The molecular weight excluding hydrogens is 290 g/mol. The maximum Gasteiger partial charge on any atom is 0.0793 e. The normalized spacial score (nSPS) is 29.1. The van der Waals surface area contributed by atoms with Crippen molar-refractivity contribution in [1.29, 1.82) is 0 Å². The summed E-state index contributed by atoms with van der Waals surface area (Å²) in [5.74, 6) is 0.705. The number of hydrogen-bond donors (Lipinski definition) is 1. The fraction of sp³-hybridized carbons (Fsp3) is 1.00. The van der Waals surface area contributed by atoms with Crippen LogP contribution in [0, 0.1) is 5.92 Å². The summed E-state index contributed by atoms with van der Waals surface area (Å²) >= 11 is 0. The van der Waals surface area contributed by atoms with Gasteiger partial charge in [0.05, 0.1) is 18.8 Å². The fourth-order valence-corrected chi connectivity index (χ4v) is 3.73. The number of rotatable bonds is 8. The molecule has 2 rings (SSSR count). The van der Waals surface area contributed by atoms with Crippen molar-refractivity contribution < 1.29 is 9.84 Å². The lowest BCUT2D eigenvalue weighted by Gasteiger charge is -2.34. The molecule has 1 N–H and O–H groups in total. The molecule has 0 aromatic heterocycles. The van der Waals surface area contributed by atoms with Gasteiger partial charge in [0.25, 0.3) is 0 Å². The highest BCUT2D eigenvalue weighted by molar-refractivity contribution is 4.75. The molecule has 1 saturated heterocycles. The molecule has 23 heavy (non-hydrogen) atoms. The Morgan fingerprint density at radius 1 is 1.17 bits per heavy atom. The summed E-state index contributed by atoms with van der Waals surface area (Å²) < 4.78 is 6.07. The minimum Gasteiger partial charge on any atom is -0.390 e. The van der Waals surface area contributed by atoms with Gasteiger partial charge in [0, 0.05) is 45.8 Å². The molecule has 3 unspecified atom stereocenters. The van der Waals surface area contributed by atoms with Crippen LogP contribution in [0.2, 0.25) is 0 Å². The van der Waals surface area contributed by atoms with E-state index in [9.17, 15) is 5.11 Å². The SMILES string of the molecule is CC1CCCCC1OCCN(C)CC(O)CN1CCN(C)CC1. The quantitative estimate of drug-likeness (QED) is 0.723. The highest BCUT2D eigenvalue weighted by atomic mass is 16.5. The second-order valence-corrected chi connectivity index (χ2v) is 7.69. The van der Waals surface area contributed by atoms with Crippen molar-refractivity contribution in [3.63, 3.8) is 0 Å². The average molecular weight is 328 g/mol.